The minimum atomic E-state index is -3.52. The highest BCUT2D eigenvalue weighted by atomic mass is 32.2. The highest BCUT2D eigenvalue weighted by Gasteiger charge is 2.34. The summed E-state index contributed by atoms with van der Waals surface area (Å²) in [5.41, 5.74) is 1.11. The first-order valence-corrected chi connectivity index (χ1v) is 12.5. The third-order valence-corrected chi connectivity index (χ3v) is 8.67. The van der Waals surface area contributed by atoms with Gasteiger partial charge >= 0.3 is 0 Å². The number of hydrogen-bond donors (Lipinski definition) is 0. The SMILES string of the molecule is CC(C)c1ccc(S(=O)(=O)N2CCC(C(=O)N3CCS(=O)CC3)CC2)cc1. The molecule has 0 spiro atoms. The van der Waals surface area contributed by atoms with E-state index in [1.165, 1.54) is 4.31 Å². The number of rotatable bonds is 4. The predicted octanol–water partition coefficient (Wildman–Crippen LogP) is 1.80. The van der Waals surface area contributed by atoms with Crippen molar-refractivity contribution in [2.75, 3.05) is 37.7 Å². The summed E-state index contributed by atoms with van der Waals surface area (Å²) in [7, 11) is -4.32. The Hall–Kier alpha value is -1.25. The maximum absolute atomic E-state index is 12.9. The second-order valence-corrected chi connectivity index (χ2v) is 11.2. The van der Waals surface area contributed by atoms with Crippen LogP contribution in [0.25, 0.3) is 0 Å². The normalized spacial score (nSPS) is 20.9. The largest absolute Gasteiger partial charge is 0.341 e. The number of amides is 1. The summed E-state index contributed by atoms with van der Waals surface area (Å²) >= 11 is 0. The average molecular weight is 413 g/mol. The fraction of sp³-hybridized carbons (Fsp3) is 0.632. The zero-order valence-corrected chi connectivity index (χ0v) is 17.6. The van der Waals surface area contributed by atoms with Crippen LogP contribution in [-0.4, -0.2) is 65.4 Å². The maximum atomic E-state index is 12.9. The summed E-state index contributed by atoms with van der Waals surface area (Å²) in [5, 5.41) is 0. The zero-order valence-electron chi connectivity index (χ0n) is 16.0. The fourth-order valence-electron chi connectivity index (χ4n) is 3.63. The second-order valence-electron chi connectivity index (χ2n) is 7.58. The molecule has 0 bridgehead atoms. The summed E-state index contributed by atoms with van der Waals surface area (Å²) in [6.45, 7) is 5.98. The van der Waals surface area contributed by atoms with Crippen molar-refractivity contribution >= 4 is 26.7 Å². The molecule has 2 heterocycles. The Morgan fingerprint density at radius 3 is 2.11 bits per heavy atom. The van der Waals surface area contributed by atoms with Crippen molar-refractivity contribution in [2.45, 2.75) is 37.5 Å². The topological polar surface area (TPSA) is 74.8 Å². The van der Waals surface area contributed by atoms with Gasteiger partial charge in [0.1, 0.15) is 0 Å². The van der Waals surface area contributed by atoms with Crippen LogP contribution in [0.5, 0.6) is 0 Å². The van der Waals surface area contributed by atoms with Gasteiger partial charge in [-0.25, -0.2) is 8.42 Å². The van der Waals surface area contributed by atoms with Crippen molar-refractivity contribution in [3.63, 3.8) is 0 Å². The summed E-state index contributed by atoms with van der Waals surface area (Å²) in [6, 6.07) is 7.09. The van der Waals surface area contributed by atoms with Gasteiger partial charge < -0.3 is 4.90 Å². The van der Waals surface area contributed by atoms with Gasteiger partial charge in [-0.05, 0) is 36.5 Å². The molecule has 150 valence electrons. The van der Waals surface area contributed by atoms with Crippen LogP contribution in [0, 0.1) is 5.92 Å². The van der Waals surface area contributed by atoms with Crippen LogP contribution < -0.4 is 0 Å². The molecule has 0 aliphatic carbocycles. The lowest BCUT2D eigenvalue weighted by molar-refractivity contribution is -0.136. The molecule has 0 aromatic heterocycles. The molecule has 8 heteroatoms. The molecule has 0 N–H and O–H groups in total. The van der Waals surface area contributed by atoms with E-state index in [2.05, 4.69) is 13.8 Å². The van der Waals surface area contributed by atoms with Crippen molar-refractivity contribution in [3.05, 3.63) is 29.8 Å². The van der Waals surface area contributed by atoms with E-state index in [9.17, 15) is 17.4 Å². The van der Waals surface area contributed by atoms with Crippen LogP contribution in [0.4, 0.5) is 0 Å². The van der Waals surface area contributed by atoms with Gasteiger partial charge in [-0.15, -0.1) is 0 Å². The van der Waals surface area contributed by atoms with E-state index in [1.807, 2.05) is 12.1 Å². The molecule has 0 saturated carbocycles. The molecule has 2 aliphatic heterocycles. The molecule has 1 aromatic rings. The first-order chi connectivity index (χ1) is 12.8. The molecule has 1 amide bonds. The number of piperidine rings is 1. The standard InChI is InChI=1S/C19H28N2O4S2/c1-15(2)16-3-5-18(6-4-16)27(24,25)21-9-7-17(8-10-21)19(22)20-11-13-26(23)14-12-20/h3-6,15,17H,7-14H2,1-2H3. The van der Waals surface area contributed by atoms with E-state index < -0.39 is 20.8 Å². The average Bonchev–Trinajstić information content (AvgIpc) is 2.68. The number of benzene rings is 1. The van der Waals surface area contributed by atoms with E-state index >= 15 is 0 Å². The lowest BCUT2D eigenvalue weighted by Gasteiger charge is -2.35. The summed E-state index contributed by atoms with van der Waals surface area (Å²) in [4.78, 5) is 14.8. The number of nitrogens with zero attached hydrogens (tertiary/aromatic N) is 2. The van der Waals surface area contributed by atoms with Gasteiger partial charge in [-0.2, -0.15) is 4.31 Å². The van der Waals surface area contributed by atoms with Crippen LogP contribution >= 0.6 is 0 Å². The highest BCUT2D eigenvalue weighted by Crippen LogP contribution is 2.26. The molecule has 2 aliphatic rings. The Labute approximate surface area is 164 Å². The quantitative estimate of drug-likeness (QED) is 0.756. The van der Waals surface area contributed by atoms with Crippen molar-refractivity contribution in [1.29, 1.82) is 0 Å². The third-order valence-electron chi connectivity index (χ3n) is 5.48. The number of sulfonamides is 1. The Morgan fingerprint density at radius 1 is 1.04 bits per heavy atom. The van der Waals surface area contributed by atoms with E-state index in [1.54, 1.807) is 17.0 Å². The van der Waals surface area contributed by atoms with Gasteiger partial charge in [-0.1, -0.05) is 26.0 Å². The van der Waals surface area contributed by atoms with E-state index in [0.29, 0.717) is 61.3 Å². The van der Waals surface area contributed by atoms with Crippen molar-refractivity contribution in [2.24, 2.45) is 5.92 Å². The first-order valence-electron chi connectivity index (χ1n) is 9.53. The molecule has 27 heavy (non-hydrogen) atoms. The molecule has 0 atom stereocenters. The summed E-state index contributed by atoms with van der Waals surface area (Å²) in [6.07, 6.45) is 1.09. The predicted molar refractivity (Wildman–Crippen MR) is 106 cm³/mol. The maximum Gasteiger partial charge on any atom is 0.243 e. The molecule has 1 aromatic carbocycles. The monoisotopic (exact) mass is 412 g/mol. The van der Waals surface area contributed by atoms with Gasteiger partial charge in [-0.3, -0.25) is 9.00 Å². The van der Waals surface area contributed by atoms with Gasteiger partial charge in [0.15, 0.2) is 0 Å². The lowest BCUT2D eigenvalue weighted by atomic mass is 9.96. The van der Waals surface area contributed by atoms with Crippen molar-refractivity contribution < 1.29 is 17.4 Å². The van der Waals surface area contributed by atoms with Crippen LogP contribution in [-0.2, 0) is 25.6 Å². The van der Waals surface area contributed by atoms with Crippen LogP contribution in [0.3, 0.4) is 0 Å². The second kappa shape index (κ2) is 8.41. The molecule has 2 fully saturated rings. The van der Waals surface area contributed by atoms with Crippen LogP contribution in [0.2, 0.25) is 0 Å². The molecule has 0 radical (unpaired) electrons. The van der Waals surface area contributed by atoms with Gasteiger partial charge in [0.25, 0.3) is 0 Å². The Balaban J connectivity index is 1.60. The Kier molecular flexibility index (Phi) is 6.38. The first kappa shape index (κ1) is 20.5. The fourth-order valence-corrected chi connectivity index (χ4v) is 6.16. The molecule has 2 saturated heterocycles. The minimum Gasteiger partial charge on any atom is -0.341 e. The Morgan fingerprint density at radius 2 is 1.59 bits per heavy atom. The minimum absolute atomic E-state index is 0.0880. The van der Waals surface area contributed by atoms with Gasteiger partial charge in [0.2, 0.25) is 15.9 Å². The van der Waals surface area contributed by atoms with E-state index in [-0.39, 0.29) is 11.8 Å². The molecular formula is C19H28N2O4S2. The van der Waals surface area contributed by atoms with Crippen molar-refractivity contribution in [3.8, 4) is 0 Å². The van der Waals surface area contributed by atoms with E-state index in [4.69, 9.17) is 0 Å². The van der Waals surface area contributed by atoms with Crippen LogP contribution in [0.15, 0.2) is 29.2 Å². The molecule has 6 nitrogen and oxygen atoms in total. The highest BCUT2D eigenvalue weighted by molar-refractivity contribution is 7.89. The smallest absolute Gasteiger partial charge is 0.243 e. The number of carbonyl (C=O) groups is 1. The van der Waals surface area contributed by atoms with Crippen LogP contribution in [0.1, 0.15) is 38.2 Å². The zero-order chi connectivity index (χ0) is 19.6. The number of hydrogen-bond acceptors (Lipinski definition) is 4. The lowest BCUT2D eigenvalue weighted by Crippen LogP contribution is -2.48. The molecule has 3 rings (SSSR count). The van der Waals surface area contributed by atoms with Gasteiger partial charge in [0.05, 0.1) is 4.90 Å². The third kappa shape index (κ3) is 4.60. The van der Waals surface area contributed by atoms with Crippen molar-refractivity contribution in [1.82, 2.24) is 9.21 Å². The molecule has 0 unspecified atom stereocenters. The summed E-state index contributed by atoms with van der Waals surface area (Å²) in [5.74, 6) is 1.41. The Bertz CT molecular complexity index is 788. The van der Waals surface area contributed by atoms with Gasteiger partial charge in [0, 0.05) is 54.4 Å². The number of carbonyl (C=O) groups excluding carboxylic acids is 1. The summed E-state index contributed by atoms with van der Waals surface area (Å²) < 4.78 is 38.7. The van der Waals surface area contributed by atoms with E-state index in [0.717, 1.165) is 5.56 Å². The molecular weight excluding hydrogens is 384 g/mol.